The summed E-state index contributed by atoms with van der Waals surface area (Å²) in [5, 5.41) is 26.8. The maximum atomic E-state index is 14.6. The molecular formula is C27H32N7O6S2+. The van der Waals surface area contributed by atoms with Crippen molar-refractivity contribution in [2.45, 2.75) is 43.3 Å². The number of nitrogens with one attached hydrogen (secondary N) is 4. The number of fused-ring (bicyclic) bond motifs is 2. The van der Waals surface area contributed by atoms with E-state index in [-0.39, 0.29) is 47.8 Å². The van der Waals surface area contributed by atoms with Crippen molar-refractivity contribution >= 4 is 55.8 Å². The van der Waals surface area contributed by atoms with E-state index in [1.807, 2.05) is 6.92 Å². The first kappa shape index (κ1) is 29.7. The Labute approximate surface area is 246 Å². The number of hydrogen-bond acceptors (Lipinski definition) is 10. The van der Waals surface area contributed by atoms with Crippen LogP contribution in [-0.2, 0) is 32.6 Å². The zero-order valence-electron chi connectivity index (χ0n) is 22.8. The summed E-state index contributed by atoms with van der Waals surface area (Å²) >= 11 is 1.18. The summed E-state index contributed by atoms with van der Waals surface area (Å²) in [6, 6.07) is 9.04. The lowest BCUT2D eigenvalue weighted by Gasteiger charge is -2.40. The molecule has 2 amide bonds. The minimum absolute atomic E-state index is 0.0864. The average Bonchev–Trinajstić information content (AvgIpc) is 3.38. The van der Waals surface area contributed by atoms with Gasteiger partial charge in [-0.1, -0.05) is 18.2 Å². The van der Waals surface area contributed by atoms with Crippen LogP contribution in [-0.4, -0.2) is 84.3 Å². The van der Waals surface area contributed by atoms with Crippen molar-refractivity contribution in [2.24, 2.45) is 5.73 Å². The van der Waals surface area contributed by atoms with E-state index in [4.69, 9.17) is 16.2 Å². The van der Waals surface area contributed by atoms with Gasteiger partial charge in [0.25, 0.3) is 0 Å². The molecule has 15 heteroatoms. The molecule has 0 saturated carbocycles. The van der Waals surface area contributed by atoms with Crippen molar-refractivity contribution in [2.75, 3.05) is 26.2 Å². The third kappa shape index (κ3) is 5.65. The number of thiazole rings is 1. The highest BCUT2D eigenvalue weighted by Crippen LogP contribution is 2.34. The molecule has 2 aliphatic heterocycles. The quantitative estimate of drug-likeness (QED) is 0.118. The van der Waals surface area contributed by atoms with E-state index in [0.717, 1.165) is 16.0 Å². The number of aliphatic carboxylic acids is 1. The maximum Gasteiger partial charge on any atom is 0.390 e. The van der Waals surface area contributed by atoms with Crippen LogP contribution in [0.2, 0.25) is 0 Å². The number of rotatable bonds is 8. The summed E-state index contributed by atoms with van der Waals surface area (Å²) in [6.45, 7) is 1.74. The summed E-state index contributed by atoms with van der Waals surface area (Å²) in [7, 11) is -4.41. The third-order valence-corrected chi connectivity index (χ3v) is 11.0. The zero-order chi connectivity index (χ0) is 30.2. The molecule has 1 fully saturated rings. The Balaban J connectivity index is 1.57. The number of sulfonamides is 1. The molecule has 0 aliphatic carbocycles. The van der Waals surface area contributed by atoms with Crippen LogP contribution >= 0.6 is 11.3 Å². The molecule has 0 radical (unpaired) electrons. The standard InChI is InChI=1S/C27H31N7O6S2/c1-15-8-21-22(12-31-15)41-26(33-21)27(38)34(7-6-30-19(14-34)11-23(35)32-13-24(36)37)42(39,40)20-5-4-16-2-3-17(25(28)29)9-18(16)10-20/h2-5,9-10,15,19,30-31H,6-8,11-14H2,1H3,(H4-,28,29,32,35,36,37)/p+1. The van der Waals surface area contributed by atoms with Crippen LogP contribution in [0.25, 0.3) is 10.8 Å². The van der Waals surface area contributed by atoms with Gasteiger partial charge in [0.2, 0.25) is 10.9 Å². The monoisotopic (exact) mass is 614 g/mol. The Kier molecular flexibility index (Phi) is 8.13. The number of carboxylic acid groups (broad SMARTS) is 1. The highest BCUT2D eigenvalue weighted by atomic mass is 32.2. The van der Waals surface area contributed by atoms with Crippen LogP contribution in [0.5, 0.6) is 0 Å². The molecule has 42 heavy (non-hydrogen) atoms. The number of aromatic nitrogens is 1. The smallest absolute Gasteiger partial charge is 0.390 e. The lowest BCUT2D eigenvalue weighted by molar-refractivity contribution is -0.727. The number of carbonyl (C=O) groups excluding carboxylic acids is 2. The largest absolute Gasteiger partial charge is 0.480 e. The number of amidine groups is 1. The van der Waals surface area contributed by atoms with Crippen LogP contribution in [0, 0.1) is 5.41 Å². The van der Waals surface area contributed by atoms with Gasteiger partial charge in [0.15, 0.2) is 0 Å². The van der Waals surface area contributed by atoms with Gasteiger partial charge in [-0.3, -0.25) is 15.0 Å². The molecular weight excluding hydrogens is 582 g/mol. The number of carbonyl (C=O) groups is 3. The second-order valence-corrected chi connectivity index (χ2v) is 13.8. The molecule has 0 bridgehead atoms. The van der Waals surface area contributed by atoms with Gasteiger partial charge in [-0.25, -0.2) is 9.78 Å². The lowest BCUT2D eigenvalue weighted by Crippen LogP contribution is -2.67. The molecule has 1 saturated heterocycles. The zero-order valence-corrected chi connectivity index (χ0v) is 24.5. The fourth-order valence-electron chi connectivity index (χ4n) is 5.41. The average molecular weight is 615 g/mol. The first-order valence-electron chi connectivity index (χ1n) is 13.4. The van der Waals surface area contributed by atoms with E-state index in [9.17, 15) is 22.8 Å². The predicted octanol–water partition coefficient (Wildman–Crippen LogP) is 0.523. The molecule has 3 heterocycles. The Morgan fingerprint density at radius 3 is 2.69 bits per heavy atom. The fourth-order valence-corrected chi connectivity index (χ4v) is 8.45. The van der Waals surface area contributed by atoms with E-state index in [2.05, 4.69) is 20.9 Å². The lowest BCUT2D eigenvalue weighted by atomic mass is 10.1. The topological polar surface area (TPSA) is 204 Å². The van der Waals surface area contributed by atoms with Gasteiger partial charge in [-0.15, -0.1) is 15.2 Å². The second-order valence-electron chi connectivity index (χ2n) is 10.6. The molecule has 7 N–H and O–H groups in total. The van der Waals surface area contributed by atoms with Crippen molar-refractivity contribution in [1.29, 1.82) is 5.41 Å². The minimum atomic E-state index is -4.41. The maximum absolute atomic E-state index is 14.6. The van der Waals surface area contributed by atoms with Crippen LogP contribution in [0.3, 0.4) is 0 Å². The van der Waals surface area contributed by atoms with Crippen molar-refractivity contribution in [3.05, 3.63) is 57.5 Å². The Morgan fingerprint density at radius 2 is 1.95 bits per heavy atom. The number of hydrogen-bond donors (Lipinski definition) is 6. The van der Waals surface area contributed by atoms with Gasteiger partial charge in [-0.2, -0.15) is 8.42 Å². The number of nitrogens with zero attached hydrogens (tertiary/aromatic N) is 2. The van der Waals surface area contributed by atoms with Crippen molar-refractivity contribution in [1.82, 2.24) is 20.9 Å². The Morgan fingerprint density at radius 1 is 1.19 bits per heavy atom. The first-order valence-corrected chi connectivity index (χ1v) is 15.6. The molecule has 3 aromatic rings. The van der Waals surface area contributed by atoms with Crippen molar-refractivity contribution < 1.29 is 31.8 Å². The van der Waals surface area contributed by atoms with E-state index >= 15 is 0 Å². The summed E-state index contributed by atoms with van der Waals surface area (Å²) in [4.78, 5) is 43.1. The molecule has 2 aromatic carbocycles. The summed E-state index contributed by atoms with van der Waals surface area (Å²) < 4.78 is 28.2. The molecule has 3 atom stereocenters. The highest BCUT2D eigenvalue weighted by molar-refractivity contribution is 7.86. The predicted molar refractivity (Wildman–Crippen MR) is 156 cm³/mol. The molecule has 13 nitrogen and oxygen atoms in total. The van der Waals surface area contributed by atoms with Crippen LogP contribution < -0.4 is 21.7 Å². The Bertz CT molecular complexity index is 1710. The van der Waals surface area contributed by atoms with Crippen molar-refractivity contribution in [3.63, 3.8) is 0 Å². The van der Waals surface area contributed by atoms with Gasteiger partial charge in [0, 0.05) is 42.4 Å². The van der Waals surface area contributed by atoms with E-state index in [1.165, 1.54) is 23.5 Å². The Hall–Kier alpha value is -3.76. The summed E-state index contributed by atoms with van der Waals surface area (Å²) in [5.74, 6) is -2.61. The highest BCUT2D eigenvalue weighted by Gasteiger charge is 2.55. The number of carboxylic acids is 1. The number of benzene rings is 2. The van der Waals surface area contributed by atoms with Gasteiger partial charge < -0.3 is 26.8 Å². The fraction of sp³-hybridized carbons (Fsp3) is 0.370. The molecule has 0 spiro atoms. The first-order chi connectivity index (χ1) is 19.9. The molecule has 222 valence electrons. The molecule has 3 unspecified atom stereocenters. The number of piperazine rings is 1. The van der Waals surface area contributed by atoms with E-state index in [0.29, 0.717) is 23.9 Å². The van der Waals surface area contributed by atoms with Crippen LogP contribution in [0.1, 0.15) is 39.3 Å². The molecule has 5 rings (SSSR count). The van der Waals surface area contributed by atoms with Crippen molar-refractivity contribution in [3.8, 4) is 0 Å². The minimum Gasteiger partial charge on any atom is -0.480 e. The number of quaternary nitrogens is 1. The number of nitrogen functional groups attached to an aromatic ring is 1. The summed E-state index contributed by atoms with van der Waals surface area (Å²) in [5.41, 5.74) is 6.85. The molecule has 1 aromatic heterocycles. The van der Waals surface area contributed by atoms with Gasteiger partial charge in [-0.05, 0) is 35.9 Å². The van der Waals surface area contributed by atoms with E-state index < -0.39 is 44.3 Å². The van der Waals surface area contributed by atoms with Crippen LogP contribution in [0.4, 0.5) is 0 Å². The number of nitrogens with two attached hydrogens (primary N) is 1. The number of amides is 2. The van der Waals surface area contributed by atoms with Crippen LogP contribution in [0.15, 0.2) is 41.3 Å². The van der Waals surface area contributed by atoms with Gasteiger partial charge >= 0.3 is 21.9 Å². The molecule has 2 aliphatic rings. The normalized spacial score (nSPS) is 22.3. The summed E-state index contributed by atoms with van der Waals surface area (Å²) in [6.07, 6.45) is 0.397. The van der Waals surface area contributed by atoms with Gasteiger partial charge in [0.1, 0.15) is 30.4 Å². The third-order valence-electron chi connectivity index (χ3n) is 7.61. The van der Waals surface area contributed by atoms with Gasteiger partial charge in [0.05, 0.1) is 11.7 Å². The second kappa shape index (κ2) is 11.5. The van der Waals surface area contributed by atoms with E-state index in [1.54, 1.807) is 24.3 Å². The SMILES string of the molecule is CC1Cc2nc(C(=O)[N+]3(S(=O)(=O)c4ccc5ccc(C(=N)N)cc5c4)CCNC(CC(=O)NCC(=O)O)C3)sc2CN1.